The summed E-state index contributed by atoms with van der Waals surface area (Å²) in [7, 11) is 0. The Kier molecular flexibility index (Phi) is 13.6. The van der Waals surface area contributed by atoms with Crippen LogP contribution in [0.2, 0.25) is 0 Å². The molecule has 1 heterocycles. The van der Waals surface area contributed by atoms with Gasteiger partial charge in [-0.05, 0) is 72.5 Å². The smallest absolute Gasteiger partial charge is 0.316 e. The van der Waals surface area contributed by atoms with Crippen LogP contribution in [0, 0.1) is 12.8 Å². The van der Waals surface area contributed by atoms with Gasteiger partial charge in [-0.15, -0.1) is 23.1 Å². The molecule has 0 amide bonds. The highest BCUT2D eigenvalue weighted by Crippen LogP contribution is 2.29. The van der Waals surface area contributed by atoms with E-state index in [-0.39, 0.29) is 28.3 Å². The van der Waals surface area contributed by atoms with Crippen LogP contribution >= 0.6 is 39.0 Å². The van der Waals surface area contributed by atoms with Gasteiger partial charge in [0.05, 0.1) is 26.0 Å². The number of thiazole rings is 1. The van der Waals surface area contributed by atoms with E-state index >= 15 is 0 Å². The monoisotopic (exact) mass is 571 g/mol. The van der Waals surface area contributed by atoms with E-state index in [4.69, 9.17) is 4.74 Å². The van der Waals surface area contributed by atoms with Gasteiger partial charge in [-0.2, -0.15) is 0 Å². The third-order valence-electron chi connectivity index (χ3n) is 5.44. The predicted molar refractivity (Wildman–Crippen MR) is 148 cm³/mol. The van der Waals surface area contributed by atoms with Crippen LogP contribution in [0.3, 0.4) is 0 Å². The lowest BCUT2D eigenvalue weighted by Crippen LogP contribution is -2.34. The molecular formula is C26H38BrNO4S2. The highest BCUT2D eigenvalue weighted by Gasteiger charge is 2.32. The first kappa shape index (κ1) is 30.8. The fourth-order valence-corrected chi connectivity index (χ4v) is 5.42. The number of ether oxygens (including phenoxy) is 1. The molecular weight excluding hydrogens is 534 g/mol. The second-order valence-corrected chi connectivity index (χ2v) is 13.3. The van der Waals surface area contributed by atoms with Gasteiger partial charge in [-0.3, -0.25) is 9.59 Å². The molecule has 0 saturated carbocycles. The Labute approximate surface area is 221 Å². The minimum absolute atomic E-state index is 0.0410. The second kappa shape index (κ2) is 15.0. The van der Waals surface area contributed by atoms with Gasteiger partial charge in [0.2, 0.25) is 0 Å². The number of hydrogen-bond donors (Lipinski definition) is 0. The quantitative estimate of drug-likeness (QED) is 0.0978. The van der Waals surface area contributed by atoms with Crippen molar-refractivity contribution in [3.8, 4) is 0 Å². The van der Waals surface area contributed by atoms with E-state index < -0.39 is 10.9 Å². The predicted octanol–water partition coefficient (Wildman–Crippen LogP) is 6.97. The van der Waals surface area contributed by atoms with Crippen molar-refractivity contribution in [3.05, 3.63) is 33.3 Å². The van der Waals surface area contributed by atoms with Crippen molar-refractivity contribution in [2.24, 2.45) is 5.92 Å². The first-order valence-electron chi connectivity index (χ1n) is 11.6. The van der Waals surface area contributed by atoms with Crippen LogP contribution < -0.4 is 0 Å². The minimum Gasteiger partial charge on any atom is -0.457 e. The summed E-state index contributed by atoms with van der Waals surface area (Å²) in [5.41, 5.74) is 2.99. The first-order valence-corrected chi connectivity index (χ1v) is 14.4. The number of esters is 1. The summed E-state index contributed by atoms with van der Waals surface area (Å²) in [5, 5.41) is 2.97. The molecule has 0 saturated heterocycles. The maximum Gasteiger partial charge on any atom is 0.316 e. The molecule has 1 unspecified atom stereocenters. The number of nitrogens with zero attached hydrogens (tertiary/aromatic N) is 1. The average molecular weight is 573 g/mol. The number of allylic oxidation sites excluding steroid dienone is 1. The second-order valence-electron chi connectivity index (χ2n) is 9.23. The van der Waals surface area contributed by atoms with E-state index in [0.29, 0.717) is 6.42 Å². The van der Waals surface area contributed by atoms with Crippen LogP contribution in [-0.2, 0) is 19.1 Å². The molecule has 0 spiro atoms. The Morgan fingerprint density at radius 2 is 1.97 bits per heavy atom. The number of thioether (sulfide) groups is 1. The largest absolute Gasteiger partial charge is 0.457 e. The summed E-state index contributed by atoms with van der Waals surface area (Å²) in [6.45, 7) is 13.4. The topological polar surface area (TPSA) is 73.3 Å². The Bertz CT molecular complexity index is 889. The number of ketones is 1. The van der Waals surface area contributed by atoms with E-state index in [2.05, 4.69) is 33.9 Å². The lowest BCUT2D eigenvalue weighted by atomic mass is 10.0. The van der Waals surface area contributed by atoms with E-state index in [9.17, 15) is 14.4 Å². The molecule has 0 aliphatic heterocycles. The third kappa shape index (κ3) is 11.5. The SMILES string of the molecule is CC(=CC[C@H](OC(=O)CSC(C)(C)C(=O)C(C)Br)C(C)=Cc1csc(C)n1)CCC[C@H](C)C=O. The number of rotatable bonds is 15. The Balaban J connectivity index is 2.87. The summed E-state index contributed by atoms with van der Waals surface area (Å²) in [5.74, 6) is -0.121. The Morgan fingerprint density at radius 3 is 2.53 bits per heavy atom. The van der Waals surface area contributed by atoms with Crippen molar-refractivity contribution in [2.45, 2.75) is 89.8 Å². The zero-order valence-corrected chi connectivity index (χ0v) is 24.6. The summed E-state index contributed by atoms with van der Waals surface area (Å²) in [6.07, 6.45) is 7.95. The summed E-state index contributed by atoms with van der Waals surface area (Å²) in [6, 6.07) is 0. The number of hydrogen-bond acceptors (Lipinski definition) is 7. The summed E-state index contributed by atoms with van der Waals surface area (Å²) < 4.78 is 5.19. The fourth-order valence-electron chi connectivity index (χ4n) is 3.26. The molecule has 8 heteroatoms. The van der Waals surface area contributed by atoms with Gasteiger partial charge in [0.1, 0.15) is 12.4 Å². The first-order chi connectivity index (χ1) is 15.9. The standard InChI is InChI=1S/C26H38BrNO4S2/c1-17(9-8-10-18(2)14-29)11-12-23(19(3)13-22-15-33-21(5)28-22)32-24(30)16-34-26(6,7)25(31)20(4)27/h11,13-15,18,20,23H,8-10,12,16H2,1-7H3/t18-,20?,23-/m0/s1. The van der Waals surface area contributed by atoms with Gasteiger partial charge in [-0.1, -0.05) is 34.5 Å². The molecule has 0 aliphatic rings. The molecule has 1 rings (SSSR count). The minimum atomic E-state index is -0.685. The number of aldehydes is 1. The molecule has 34 heavy (non-hydrogen) atoms. The number of alkyl halides is 1. The van der Waals surface area contributed by atoms with Crippen molar-refractivity contribution < 1.29 is 19.1 Å². The molecule has 0 aromatic carbocycles. The average Bonchev–Trinajstić information content (AvgIpc) is 3.18. The molecule has 1 aromatic rings. The van der Waals surface area contributed by atoms with Crippen LogP contribution in [0.15, 0.2) is 22.6 Å². The zero-order valence-electron chi connectivity index (χ0n) is 21.4. The fraction of sp³-hybridized carbons (Fsp3) is 0.615. The zero-order chi connectivity index (χ0) is 25.9. The molecule has 3 atom stereocenters. The van der Waals surface area contributed by atoms with E-state index in [0.717, 1.165) is 41.8 Å². The van der Waals surface area contributed by atoms with Crippen molar-refractivity contribution in [1.29, 1.82) is 0 Å². The number of carbonyl (C=O) groups is 3. The van der Waals surface area contributed by atoms with E-state index in [1.165, 1.54) is 17.3 Å². The van der Waals surface area contributed by atoms with Crippen LogP contribution in [0.1, 0.15) is 77.9 Å². The molecule has 0 bridgehead atoms. The van der Waals surface area contributed by atoms with E-state index in [1.807, 2.05) is 46.1 Å². The Hall–Kier alpha value is -1.25. The number of carbonyl (C=O) groups excluding carboxylic acids is 3. The maximum atomic E-state index is 12.7. The van der Waals surface area contributed by atoms with Crippen LogP contribution in [0.5, 0.6) is 0 Å². The lowest BCUT2D eigenvalue weighted by Gasteiger charge is -2.24. The van der Waals surface area contributed by atoms with Crippen LogP contribution in [0.25, 0.3) is 6.08 Å². The molecule has 1 aromatic heterocycles. The van der Waals surface area contributed by atoms with Gasteiger partial charge < -0.3 is 9.53 Å². The number of halogens is 1. The molecule has 0 aliphatic carbocycles. The van der Waals surface area contributed by atoms with Crippen molar-refractivity contribution in [1.82, 2.24) is 4.98 Å². The lowest BCUT2D eigenvalue weighted by molar-refractivity contribution is -0.143. The summed E-state index contributed by atoms with van der Waals surface area (Å²) >= 11 is 6.20. The van der Waals surface area contributed by atoms with E-state index in [1.54, 1.807) is 18.3 Å². The van der Waals surface area contributed by atoms with Gasteiger partial charge in [0.25, 0.3) is 0 Å². The van der Waals surface area contributed by atoms with Gasteiger partial charge in [0, 0.05) is 17.7 Å². The Morgan fingerprint density at radius 1 is 1.29 bits per heavy atom. The van der Waals surface area contributed by atoms with Gasteiger partial charge in [-0.25, -0.2) is 4.98 Å². The van der Waals surface area contributed by atoms with Crippen molar-refractivity contribution in [2.75, 3.05) is 5.75 Å². The number of aryl methyl sites for hydroxylation is 1. The number of aromatic nitrogens is 1. The van der Waals surface area contributed by atoms with Crippen LogP contribution in [0.4, 0.5) is 0 Å². The van der Waals surface area contributed by atoms with Crippen LogP contribution in [-0.4, -0.2) is 44.5 Å². The normalized spacial score (nSPS) is 15.5. The summed E-state index contributed by atoms with van der Waals surface area (Å²) in [4.78, 5) is 40.1. The van der Waals surface area contributed by atoms with Crippen molar-refractivity contribution >= 4 is 63.1 Å². The van der Waals surface area contributed by atoms with Gasteiger partial charge in [0.15, 0.2) is 5.78 Å². The third-order valence-corrected chi connectivity index (χ3v) is 7.95. The maximum absolute atomic E-state index is 12.7. The van der Waals surface area contributed by atoms with Gasteiger partial charge >= 0.3 is 5.97 Å². The molecule has 190 valence electrons. The molecule has 5 nitrogen and oxygen atoms in total. The number of Topliss-reactive ketones (excluding diaryl/α,β-unsaturated/α-hetero) is 1. The highest BCUT2D eigenvalue weighted by atomic mass is 79.9. The van der Waals surface area contributed by atoms with Crippen molar-refractivity contribution in [3.63, 3.8) is 0 Å². The molecule has 0 radical (unpaired) electrons. The molecule has 0 fully saturated rings. The highest BCUT2D eigenvalue weighted by molar-refractivity contribution is 9.10. The molecule has 0 N–H and O–H groups in total.